The van der Waals surface area contributed by atoms with E-state index in [0.717, 1.165) is 35.3 Å². The van der Waals surface area contributed by atoms with Gasteiger partial charge in [-0.25, -0.2) is 0 Å². The predicted molar refractivity (Wildman–Crippen MR) is 178 cm³/mol. The Bertz CT molecular complexity index is 1450. The van der Waals surface area contributed by atoms with E-state index in [1.54, 1.807) is 12.4 Å². The molecule has 3 aliphatic rings. The Kier molecular flexibility index (Phi) is 8.84. The molecular formula is C33H47B2ClN4O4. The van der Waals surface area contributed by atoms with Crippen LogP contribution in [0, 0.1) is 5.41 Å². The summed E-state index contributed by atoms with van der Waals surface area (Å²) in [5, 5.41) is 12.0. The van der Waals surface area contributed by atoms with Crippen LogP contribution >= 0.6 is 11.6 Å². The van der Waals surface area contributed by atoms with Gasteiger partial charge in [-0.1, -0.05) is 37.6 Å². The largest absolute Gasteiger partial charge is 0.498 e. The standard InChI is InChI=1S/C24H32BClN2O2.C9H15BN2O2/c1-22(2)12-11-18(21(13-22)17-7-9-20(26)10-8-17)15-28-16-19(14-27-28)25-29-23(3,4)24(5,6)30-25;1-8(2)9(3,4)14-10(13-8)7-5-11-12-6-7/h7-10,14,16H,11-13,15H2,1-6H3;5-6H,1-4H3,(H,11,12). The lowest BCUT2D eigenvalue weighted by atomic mass is 9.72. The minimum Gasteiger partial charge on any atom is -0.399 e. The maximum absolute atomic E-state index is 6.18. The van der Waals surface area contributed by atoms with E-state index in [-0.39, 0.29) is 36.6 Å². The average molecular weight is 621 g/mol. The van der Waals surface area contributed by atoms with Crippen molar-refractivity contribution < 1.29 is 18.6 Å². The van der Waals surface area contributed by atoms with Crippen molar-refractivity contribution in [3.63, 3.8) is 0 Å². The highest BCUT2D eigenvalue weighted by Crippen LogP contribution is 2.43. The van der Waals surface area contributed by atoms with Gasteiger partial charge in [-0.3, -0.25) is 9.78 Å². The molecule has 0 saturated carbocycles. The normalized spacial score (nSPS) is 23.1. The van der Waals surface area contributed by atoms with Gasteiger partial charge in [0.15, 0.2) is 0 Å². The smallest absolute Gasteiger partial charge is 0.399 e. The molecule has 0 unspecified atom stereocenters. The molecule has 11 heteroatoms. The van der Waals surface area contributed by atoms with Crippen molar-refractivity contribution in [3.8, 4) is 0 Å². The van der Waals surface area contributed by atoms with E-state index >= 15 is 0 Å². The topological polar surface area (TPSA) is 83.4 Å². The van der Waals surface area contributed by atoms with E-state index < -0.39 is 0 Å². The zero-order valence-corrected chi connectivity index (χ0v) is 28.7. The Balaban J connectivity index is 0.000000229. The number of nitrogens with zero attached hydrogens (tertiary/aromatic N) is 3. The van der Waals surface area contributed by atoms with Crippen LogP contribution in [-0.2, 0) is 25.2 Å². The second-order valence-corrected chi connectivity index (χ2v) is 15.5. The van der Waals surface area contributed by atoms with Crippen LogP contribution in [0.15, 0.2) is 54.6 Å². The molecule has 2 aliphatic heterocycles. The number of rotatable bonds is 5. The molecule has 8 nitrogen and oxygen atoms in total. The van der Waals surface area contributed by atoms with Gasteiger partial charge >= 0.3 is 14.2 Å². The second-order valence-electron chi connectivity index (χ2n) is 15.1. The van der Waals surface area contributed by atoms with Crippen LogP contribution in [-0.4, -0.2) is 56.6 Å². The number of H-pyrrole nitrogens is 1. The molecule has 0 radical (unpaired) electrons. The molecule has 0 spiro atoms. The van der Waals surface area contributed by atoms with Crippen LogP contribution in [0.25, 0.3) is 5.57 Å². The maximum Gasteiger partial charge on any atom is 0.498 e. The van der Waals surface area contributed by atoms with Crippen LogP contribution in [0.1, 0.15) is 94.1 Å². The zero-order valence-electron chi connectivity index (χ0n) is 28.0. The van der Waals surface area contributed by atoms with E-state index in [1.165, 1.54) is 23.1 Å². The first-order valence-electron chi connectivity index (χ1n) is 15.6. The maximum atomic E-state index is 6.18. The lowest BCUT2D eigenvalue weighted by molar-refractivity contribution is 0.00578. The van der Waals surface area contributed by atoms with E-state index in [1.807, 2.05) is 50.7 Å². The summed E-state index contributed by atoms with van der Waals surface area (Å²) in [6, 6.07) is 8.23. The predicted octanol–water partition coefficient (Wildman–Crippen LogP) is 6.21. The SMILES string of the molecule is CC1(C)CCC(Cn2cc(B3OC(C)(C)C(C)(C)O3)cn2)=C(c2ccc(Cl)cc2)C1.CC1(C)OB(c2cn[nH]c2)OC1(C)C. The van der Waals surface area contributed by atoms with Crippen molar-refractivity contribution in [3.05, 3.63) is 65.2 Å². The molecule has 6 rings (SSSR count). The van der Waals surface area contributed by atoms with Gasteiger partial charge in [-0.2, -0.15) is 10.2 Å². The molecule has 3 aromatic rings. The lowest BCUT2D eigenvalue weighted by Crippen LogP contribution is -2.41. The highest BCUT2D eigenvalue weighted by atomic mass is 35.5. The third-order valence-corrected chi connectivity index (χ3v) is 10.2. The van der Waals surface area contributed by atoms with Gasteiger partial charge in [0.1, 0.15) is 0 Å². The second kappa shape index (κ2) is 11.8. The summed E-state index contributed by atoms with van der Waals surface area (Å²) >= 11 is 6.12. The lowest BCUT2D eigenvalue weighted by Gasteiger charge is -2.33. The van der Waals surface area contributed by atoms with Crippen molar-refractivity contribution in [2.75, 3.05) is 0 Å². The van der Waals surface area contributed by atoms with Crippen LogP contribution in [0.5, 0.6) is 0 Å². The van der Waals surface area contributed by atoms with Crippen molar-refractivity contribution in [1.29, 1.82) is 0 Å². The van der Waals surface area contributed by atoms with Crippen molar-refractivity contribution >= 4 is 42.3 Å². The van der Waals surface area contributed by atoms with Crippen LogP contribution < -0.4 is 10.9 Å². The number of aromatic nitrogens is 4. The van der Waals surface area contributed by atoms with E-state index in [9.17, 15) is 0 Å². The fourth-order valence-corrected chi connectivity index (χ4v) is 5.72. The molecular weight excluding hydrogens is 573 g/mol. The first-order valence-corrected chi connectivity index (χ1v) is 16.0. The van der Waals surface area contributed by atoms with Gasteiger partial charge < -0.3 is 18.6 Å². The average Bonchev–Trinajstić information content (AvgIpc) is 3.68. The molecule has 0 amide bonds. The molecule has 2 aromatic heterocycles. The van der Waals surface area contributed by atoms with E-state index in [4.69, 9.17) is 30.2 Å². The fourth-order valence-electron chi connectivity index (χ4n) is 5.60. The van der Waals surface area contributed by atoms with E-state index in [2.05, 4.69) is 75.2 Å². The molecule has 2 saturated heterocycles. The molecule has 1 aromatic carbocycles. The van der Waals surface area contributed by atoms with Crippen LogP contribution in [0.4, 0.5) is 0 Å². The molecule has 0 bridgehead atoms. The van der Waals surface area contributed by atoms with Crippen molar-refractivity contribution in [2.45, 2.75) is 117 Å². The van der Waals surface area contributed by atoms with Gasteiger partial charge in [-0.15, -0.1) is 0 Å². The van der Waals surface area contributed by atoms with Crippen LogP contribution in [0.2, 0.25) is 5.02 Å². The minimum atomic E-state index is -0.376. The fraction of sp³-hybridized carbons (Fsp3) is 0.576. The van der Waals surface area contributed by atoms with Gasteiger partial charge in [0.05, 0.1) is 28.9 Å². The summed E-state index contributed by atoms with van der Waals surface area (Å²) in [7, 11) is -0.683. The molecule has 1 N–H and O–H groups in total. The number of benzene rings is 1. The van der Waals surface area contributed by atoms with Gasteiger partial charge in [0.25, 0.3) is 0 Å². The number of hydrogen-bond donors (Lipinski definition) is 1. The van der Waals surface area contributed by atoms with Gasteiger partial charge in [-0.05, 0) is 109 Å². The van der Waals surface area contributed by atoms with Gasteiger partial charge in [0, 0.05) is 40.7 Å². The molecule has 44 heavy (non-hydrogen) atoms. The molecule has 1 aliphatic carbocycles. The third-order valence-electron chi connectivity index (χ3n) is 9.95. The summed E-state index contributed by atoms with van der Waals surface area (Å²) in [4.78, 5) is 0. The summed E-state index contributed by atoms with van der Waals surface area (Å²) in [5.41, 5.74) is 5.08. The number of nitrogens with one attached hydrogen (secondary N) is 1. The van der Waals surface area contributed by atoms with Crippen molar-refractivity contribution in [1.82, 2.24) is 20.0 Å². The highest BCUT2D eigenvalue weighted by Gasteiger charge is 2.53. The Hall–Kier alpha value is -2.36. The summed E-state index contributed by atoms with van der Waals surface area (Å²) < 4.78 is 26.0. The molecule has 4 heterocycles. The Morgan fingerprint density at radius 2 is 1.34 bits per heavy atom. The van der Waals surface area contributed by atoms with E-state index in [0.29, 0.717) is 5.41 Å². The summed E-state index contributed by atoms with van der Waals surface area (Å²) in [5.74, 6) is 0. The first kappa shape index (κ1) is 33.0. The van der Waals surface area contributed by atoms with Crippen molar-refractivity contribution in [2.24, 2.45) is 5.41 Å². The third kappa shape index (κ3) is 6.90. The Morgan fingerprint density at radius 3 is 1.86 bits per heavy atom. The minimum absolute atomic E-state index is 0.283. The molecule has 2 fully saturated rings. The zero-order chi connectivity index (χ0) is 32.1. The molecule has 0 atom stereocenters. The Labute approximate surface area is 268 Å². The first-order chi connectivity index (χ1) is 20.4. The number of allylic oxidation sites excluding steroid dienone is 2. The number of hydrogen-bond acceptors (Lipinski definition) is 6. The quantitative estimate of drug-likeness (QED) is 0.342. The summed E-state index contributed by atoms with van der Waals surface area (Å²) in [6.45, 7) is 21.9. The monoisotopic (exact) mass is 620 g/mol. The summed E-state index contributed by atoms with van der Waals surface area (Å²) in [6.07, 6.45) is 10.8. The van der Waals surface area contributed by atoms with Crippen LogP contribution in [0.3, 0.4) is 0 Å². The highest BCUT2D eigenvalue weighted by molar-refractivity contribution is 6.62. The molecule has 236 valence electrons. The number of aromatic amines is 1. The van der Waals surface area contributed by atoms with Gasteiger partial charge in [0.2, 0.25) is 0 Å². The number of halogens is 1. The Morgan fingerprint density at radius 1 is 0.795 bits per heavy atom.